The van der Waals surface area contributed by atoms with E-state index in [2.05, 4.69) is 6.72 Å². The molecule has 0 radical (unpaired) electrons. The number of nitro groups is 1. The minimum absolute atomic E-state index is 0.00652. The molecule has 4 aliphatic carbocycles. The SMILES string of the molecule is C=[N+]([CH-]c1cc([N+](=O)[O-])ccc1O)C12CC3CC(CC(C3)C1)C2. The highest BCUT2D eigenvalue weighted by Gasteiger charge is 2.55. The van der Waals surface area contributed by atoms with Gasteiger partial charge in [0.1, 0.15) is 0 Å². The molecule has 5 nitrogen and oxygen atoms in total. The number of nitro benzene ring substituents is 1. The van der Waals surface area contributed by atoms with E-state index in [0.717, 1.165) is 37.0 Å². The van der Waals surface area contributed by atoms with Gasteiger partial charge in [0.05, 0.1) is 18.2 Å². The van der Waals surface area contributed by atoms with Gasteiger partial charge in [-0.3, -0.25) is 14.7 Å². The second-order valence-electron chi connectivity index (χ2n) is 7.74. The van der Waals surface area contributed by atoms with Gasteiger partial charge in [0.25, 0.3) is 0 Å². The number of phenolic OH excluding ortho intramolecular Hbond substituents is 1. The average Bonchev–Trinajstić information content (AvgIpc) is 2.47. The number of hydrogen-bond acceptors (Lipinski definition) is 3. The first-order valence-electron chi connectivity index (χ1n) is 8.37. The van der Waals surface area contributed by atoms with Crippen molar-refractivity contribution in [2.24, 2.45) is 17.8 Å². The first kappa shape index (κ1) is 14.5. The van der Waals surface area contributed by atoms with Gasteiger partial charge in [0, 0.05) is 31.1 Å². The Hall–Kier alpha value is -2.04. The third-order valence-electron chi connectivity index (χ3n) is 6.13. The van der Waals surface area contributed by atoms with E-state index in [1.54, 1.807) is 6.54 Å². The van der Waals surface area contributed by atoms with Crippen LogP contribution in [0.2, 0.25) is 0 Å². The molecule has 5 rings (SSSR count). The van der Waals surface area contributed by atoms with Gasteiger partial charge in [0.2, 0.25) is 5.69 Å². The van der Waals surface area contributed by atoms with E-state index in [1.165, 1.54) is 37.5 Å². The van der Waals surface area contributed by atoms with E-state index >= 15 is 0 Å². The van der Waals surface area contributed by atoms with E-state index in [-0.39, 0.29) is 17.0 Å². The van der Waals surface area contributed by atoms with E-state index in [4.69, 9.17) is 0 Å². The van der Waals surface area contributed by atoms with Crippen LogP contribution >= 0.6 is 0 Å². The summed E-state index contributed by atoms with van der Waals surface area (Å²) in [5.74, 6) is 2.47. The van der Waals surface area contributed by atoms with Crippen molar-refractivity contribution in [3.05, 3.63) is 40.4 Å². The Bertz CT molecular complexity index is 648. The Balaban J connectivity index is 1.59. The standard InChI is InChI=1S/C18H22N2O3/c1-19(11-15-7-16(20(22)23)2-3-17(15)21)18-8-12-4-13(9-18)6-14(5-12)10-18/h2-3,7,11-14,21H,1,4-6,8-10H2. The summed E-state index contributed by atoms with van der Waals surface area (Å²) in [6.07, 6.45) is 7.55. The van der Waals surface area contributed by atoms with Crippen LogP contribution in [0.25, 0.3) is 0 Å². The second-order valence-corrected chi connectivity index (χ2v) is 7.74. The molecule has 0 unspecified atom stereocenters. The molecule has 4 saturated carbocycles. The third-order valence-corrected chi connectivity index (χ3v) is 6.13. The quantitative estimate of drug-likeness (QED) is 0.304. The van der Waals surface area contributed by atoms with Gasteiger partial charge in [-0.2, -0.15) is 0 Å². The zero-order valence-electron chi connectivity index (χ0n) is 13.1. The molecule has 0 aliphatic heterocycles. The van der Waals surface area contributed by atoms with Gasteiger partial charge in [-0.05, 0) is 48.6 Å². The average molecular weight is 314 g/mol. The van der Waals surface area contributed by atoms with Gasteiger partial charge in [-0.15, -0.1) is 0 Å². The summed E-state index contributed by atoms with van der Waals surface area (Å²) < 4.78 is 2.00. The van der Waals surface area contributed by atoms with E-state index in [0.29, 0.717) is 5.56 Å². The maximum Gasteiger partial charge on any atom is 0.230 e. The van der Waals surface area contributed by atoms with Crippen molar-refractivity contribution in [1.29, 1.82) is 0 Å². The monoisotopic (exact) mass is 314 g/mol. The topological polar surface area (TPSA) is 66.4 Å². The predicted octanol–water partition coefficient (Wildman–Crippen LogP) is 3.49. The van der Waals surface area contributed by atoms with Crippen LogP contribution in [0.1, 0.15) is 44.1 Å². The molecular weight excluding hydrogens is 292 g/mol. The van der Waals surface area contributed by atoms with Crippen LogP contribution < -0.4 is 0 Å². The van der Waals surface area contributed by atoms with Crippen molar-refractivity contribution >= 4 is 12.4 Å². The predicted molar refractivity (Wildman–Crippen MR) is 86.4 cm³/mol. The van der Waals surface area contributed by atoms with E-state index in [9.17, 15) is 15.2 Å². The molecule has 0 heterocycles. The molecule has 0 atom stereocenters. The van der Waals surface area contributed by atoms with Gasteiger partial charge >= 0.3 is 0 Å². The molecule has 4 fully saturated rings. The van der Waals surface area contributed by atoms with Crippen molar-refractivity contribution in [2.75, 3.05) is 0 Å². The van der Waals surface area contributed by atoms with Crippen LogP contribution in [-0.4, -0.2) is 26.9 Å². The van der Waals surface area contributed by atoms with E-state index in [1.807, 2.05) is 4.58 Å². The van der Waals surface area contributed by atoms with Crippen molar-refractivity contribution in [2.45, 2.75) is 44.1 Å². The third kappa shape index (κ3) is 2.38. The lowest BCUT2D eigenvalue weighted by molar-refractivity contribution is -0.582. The number of benzene rings is 1. The summed E-state index contributed by atoms with van der Waals surface area (Å²) in [6, 6.07) is 4.14. The van der Waals surface area contributed by atoms with Crippen LogP contribution in [0.4, 0.5) is 5.69 Å². The molecule has 0 aromatic heterocycles. The highest BCUT2D eigenvalue weighted by molar-refractivity contribution is 5.45. The maximum absolute atomic E-state index is 11.0. The molecule has 0 saturated heterocycles. The van der Waals surface area contributed by atoms with Crippen molar-refractivity contribution in [3.63, 3.8) is 0 Å². The summed E-state index contributed by atoms with van der Waals surface area (Å²) in [5.41, 5.74) is 0.545. The molecule has 1 N–H and O–H groups in total. The van der Waals surface area contributed by atoms with Crippen molar-refractivity contribution in [3.8, 4) is 5.75 Å². The normalized spacial score (nSPS) is 34.3. The summed E-state index contributed by atoms with van der Waals surface area (Å²) in [4.78, 5) is 10.5. The fraction of sp³-hybridized carbons (Fsp3) is 0.556. The van der Waals surface area contributed by atoms with Crippen LogP contribution in [0.3, 0.4) is 0 Å². The lowest BCUT2D eigenvalue weighted by atomic mass is 9.53. The molecule has 1 aromatic rings. The lowest BCUT2D eigenvalue weighted by Gasteiger charge is -2.54. The smallest absolute Gasteiger partial charge is 0.230 e. The number of phenols is 1. The van der Waals surface area contributed by atoms with Gasteiger partial charge in [-0.1, -0.05) is 6.07 Å². The summed E-state index contributed by atoms with van der Waals surface area (Å²) in [5, 5.41) is 21.0. The largest absolute Gasteiger partial charge is 0.551 e. The Labute approximate surface area is 135 Å². The van der Waals surface area contributed by atoms with Crippen LogP contribution in [0, 0.1) is 34.4 Å². The Morgan fingerprint density at radius 3 is 2.26 bits per heavy atom. The van der Waals surface area contributed by atoms with Crippen LogP contribution in [0.5, 0.6) is 5.75 Å². The molecule has 4 aliphatic rings. The van der Waals surface area contributed by atoms with Crippen molar-refractivity contribution < 1.29 is 14.6 Å². The van der Waals surface area contributed by atoms with Crippen LogP contribution in [-0.2, 0) is 0 Å². The minimum atomic E-state index is -0.436. The molecule has 0 amide bonds. The lowest BCUT2D eigenvalue weighted by Crippen LogP contribution is -2.55. The number of rotatable bonds is 4. The fourth-order valence-electron chi connectivity index (χ4n) is 5.48. The fourth-order valence-corrected chi connectivity index (χ4v) is 5.48. The van der Waals surface area contributed by atoms with E-state index < -0.39 is 4.92 Å². The highest BCUT2D eigenvalue weighted by Crippen LogP contribution is 2.57. The molecule has 23 heavy (non-hydrogen) atoms. The molecule has 4 bridgehead atoms. The van der Waals surface area contributed by atoms with Crippen LogP contribution in [0.15, 0.2) is 18.2 Å². The number of aromatic hydroxyl groups is 1. The molecule has 5 heteroatoms. The highest BCUT2D eigenvalue weighted by atomic mass is 16.6. The number of nitrogens with zero attached hydrogens (tertiary/aromatic N) is 2. The molecular formula is C18H22N2O3. The number of non-ortho nitro benzene ring substituents is 1. The Morgan fingerprint density at radius 1 is 1.17 bits per heavy atom. The maximum atomic E-state index is 11.0. The van der Waals surface area contributed by atoms with Gasteiger partial charge < -0.3 is 5.11 Å². The minimum Gasteiger partial charge on any atom is -0.551 e. The molecule has 122 valence electrons. The van der Waals surface area contributed by atoms with Gasteiger partial charge in [-0.25, -0.2) is 0 Å². The summed E-state index contributed by atoms with van der Waals surface area (Å²) in [7, 11) is 0. The van der Waals surface area contributed by atoms with Crippen molar-refractivity contribution in [1.82, 2.24) is 0 Å². The Kier molecular flexibility index (Phi) is 3.15. The van der Waals surface area contributed by atoms with Gasteiger partial charge in [0.15, 0.2) is 5.54 Å². The number of hydrogen-bond donors (Lipinski definition) is 1. The first-order chi connectivity index (χ1) is 10.9. The second kappa shape index (κ2) is 4.98. The summed E-state index contributed by atoms with van der Waals surface area (Å²) in [6.45, 7) is 6.04. The zero-order chi connectivity index (χ0) is 16.2. The molecule has 0 spiro atoms. The Morgan fingerprint density at radius 2 is 1.74 bits per heavy atom. The summed E-state index contributed by atoms with van der Waals surface area (Å²) >= 11 is 0. The zero-order valence-corrected chi connectivity index (χ0v) is 13.1. The first-order valence-corrected chi connectivity index (χ1v) is 8.37. The molecule has 1 aromatic carbocycles.